The van der Waals surface area contributed by atoms with Crippen LogP contribution in [0.4, 0.5) is 5.82 Å². The second-order valence-corrected chi connectivity index (χ2v) is 7.06. The molecule has 7 heteroatoms. The van der Waals surface area contributed by atoms with E-state index in [-0.39, 0.29) is 17.9 Å². The van der Waals surface area contributed by atoms with Crippen molar-refractivity contribution in [3.63, 3.8) is 0 Å². The minimum atomic E-state index is 0.0431. The molecule has 0 bridgehead atoms. The van der Waals surface area contributed by atoms with Crippen LogP contribution in [0.2, 0.25) is 0 Å². The minimum Gasteiger partial charge on any atom is -0.381 e. The van der Waals surface area contributed by atoms with Crippen molar-refractivity contribution in [3.8, 4) is 0 Å². The van der Waals surface area contributed by atoms with Gasteiger partial charge >= 0.3 is 0 Å². The van der Waals surface area contributed by atoms with Crippen molar-refractivity contribution in [3.05, 3.63) is 17.8 Å². The number of thiophene rings is 1. The number of anilines is 1. The van der Waals surface area contributed by atoms with Crippen LogP contribution in [0.3, 0.4) is 0 Å². The average Bonchev–Trinajstić information content (AvgIpc) is 3.25. The highest BCUT2D eigenvalue weighted by Crippen LogP contribution is 2.30. The van der Waals surface area contributed by atoms with E-state index in [1.54, 1.807) is 17.7 Å². The van der Waals surface area contributed by atoms with Crippen molar-refractivity contribution >= 4 is 33.3 Å². The Morgan fingerprint density at radius 1 is 1.30 bits per heavy atom. The van der Waals surface area contributed by atoms with Gasteiger partial charge in [0.25, 0.3) is 0 Å². The molecule has 6 nitrogen and oxygen atoms in total. The molecule has 2 aromatic rings. The molecule has 1 N–H and O–H groups in total. The van der Waals surface area contributed by atoms with Gasteiger partial charge in [-0.05, 0) is 30.7 Å². The first-order valence-corrected chi connectivity index (χ1v) is 9.00. The number of nitrogens with zero attached hydrogens (tertiary/aromatic N) is 3. The van der Waals surface area contributed by atoms with Crippen LogP contribution in [0.5, 0.6) is 0 Å². The third kappa shape index (κ3) is 3.03. The predicted octanol–water partition coefficient (Wildman–Crippen LogP) is 1.81. The Hall–Kier alpha value is -1.73. The van der Waals surface area contributed by atoms with E-state index in [1.165, 1.54) is 0 Å². The van der Waals surface area contributed by atoms with E-state index in [0.717, 1.165) is 61.6 Å². The molecule has 2 aliphatic heterocycles. The normalized spacial score (nSPS) is 22.6. The van der Waals surface area contributed by atoms with E-state index >= 15 is 0 Å². The number of hydrogen-bond donors (Lipinski definition) is 1. The summed E-state index contributed by atoms with van der Waals surface area (Å²) in [6.07, 6.45) is 4.33. The Balaban J connectivity index is 1.42. The molecule has 1 unspecified atom stereocenters. The van der Waals surface area contributed by atoms with E-state index in [4.69, 9.17) is 4.74 Å². The molecule has 0 radical (unpaired) electrons. The second-order valence-electron chi connectivity index (χ2n) is 6.16. The first-order valence-electron chi connectivity index (χ1n) is 8.12. The van der Waals surface area contributed by atoms with Gasteiger partial charge in [0.05, 0.1) is 11.3 Å². The minimum absolute atomic E-state index is 0.0431. The van der Waals surface area contributed by atoms with Gasteiger partial charge in [0.15, 0.2) is 0 Å². The zero-order valence-corrected chi connectivity index (χ0v) is 13.7. The van der Waals surface area contributed by atoms with E-state index in [2.05, 4.69) is 26.3 Å². The number of ether oxygens (including phenoxy) is 1. The molecule has 4 rings (SSSR count). The Bertz CT molecular complexity index is 698. The lowest BCUT2D eigenvalue weighted by Gasteiger charge is -2.24. The van der Waals surface area contributed by atoms with Crippen molar-refractivity contribution < 1.29 is 9.53 Å². The summed E-state index contributed by atoms with van der Waals surface area (Å²) in [5, 5.41) is 6.31. The van der Waals surface area contributed by atoms with Crippen LogP contribution in [0.15, 0.2) is 17.8 Å². The number of fused-ring (bicyclic) bond motifs is 1. The molecule has 1 amide bonds. The van der Waals surface area contributed by atoms with Gasteiger partial charge in [-0.15, -0.1) is 11.3 Å². The molecule has 122 valence electrons. The van der Waals surface area contributed by atoms with Crippen molar-refractivity contribution in [1.82, 2.24) is 15.3 Å². The lowest BCUT2D eigenvalue weighted by atomic mass is 10.1. The lowest BCUT2D eigenvalue weighted by Crippen LogP contribution is -2.42. The monoisotopic (exact) mass is 332 g/mol. The van der Waals surface area contributed by atoms with Crippen LogP contribution in [0.25, 0.3) is 10.2 Å². The lowest BCUT2D eigenvalue weighted by molar-refractivity contribution is -0.125. The Labute approximate surface area is 138 Å². The number of carbonyl (C=O) groups is 1. The largest absolute Gasteiger partial charge is 0.381 e. The fourth-order valence-corrected chi connectivity index (χ4v) is 4.08. The molecule has 2 aromatic heterocycles. The van der Waals surface area contributed by atoms with Crippen LogP contribution in [0, 0.1) is 5.92 Å². The third-order valence-corrected chi connectivity index (χ3v) is 5.49. The standard InChI is InChI=1S/C16H20N4O2S/c21-15(19-12-2-6-22-7-3-12)11-1-5-20(9-11)14-13-4-8-23-16(13)18-10-17-14/h4,8,10-12H,1-3,5-7,9H2,(H,19,21). The third-order valence-electron chi connectivity index (χ3n) is 4.67. The highest BCUT2D eigenvalue weighted by molar-refractivity contribution is 7.16. The summed E-state index contributed by atoms with van der Waals surface area (Å²) in [5.74, 6) is 1.18. The number of hydrogen-bond acceptors (Lipinski definition) is 6. The first-order chi connectivity index (χ1) is 11.3. The smallest absolute Gasteiger partial charge is 0.225 e. The molecule has 0 aliphatic carbocycles. The van der Waals surface area contributed by atoms with Crippen LogP contribution >= 0.6 is 11.3 Å². The first kappa shape index (κ1) is 14.8. The van der Waals surface area contributed by atoms with Gasteiger partial charge in [0.1, 0.15) is 17.0 Å². The number of carbonyl (C=O) groups excluding carboxylic acids is 1. The maximum absolute atomic E-state index is 12.5. The molecule has 23 heavy (non-hydrogen) atoms. The number of nitrogens with one attached hydrogen (secondary N) is 1. The van der Waals surface area contributed by atoms with Crippen LogP contribution in [-0.2, 0) is 9.53 Å². The van der Waals surface area contributed by atoms with E-state index in [9.17, 15) is 4.79 Å². The quantitative estimate of drug-likeness (QED) is 0.928. The van der Waals surface area contributed by atoms with Crippen molar-refractivity contribution in [1.29, 1.82) is 0 Å². The zero-order valence-electron chi connectivity index (χ0n) is 12.9. The number of aromatic nitrogens is 2. The predicted molar refractivity (Wildman–Crippen MR) is 89.7 cm³/mol. The molecular formula is C16H20N4O2S. The average molecular weight is 332 g/mol. The fourth-order valence-electron chi connectivity index (χ4n) is 3.36. The number of amides is 1. The highest BCUT2D eigenvalue weighted by atomic mass is 32.1. The Morgan fingerprint density at radius 3 is 3.04 bits per heavy atom. The summed E-state index contributed by atoms with van der Waals surface area (Å²) in [6, 6.07) is 2.33. The summed E-state index contributed by atoms with van der Waals surface area (Å²) in [7, 11) is 0. The summed E-state index contributed by atoms with van der Waals surface area (Å²) in [5.41, 5.74) is 0. The molecule has 4 heterocycles. The van der Waals surface area contributed by atoms with Gasteiger partial charge in [0.2, 0.25) is 5.91 Å². The summed E-state index contributed by atoms with van der Waals surface area (Å²) in [6.45, 7) is 3.10. The number of rotatable bonds is 3. The van der Waals surface area contributed by atoms with Crippen molar-refractivity contribution in [2.24, 2.45) is 5.92 Å². The van der Waals surface area contributed by atoms with Gasteiger partial charge in [-0.25, -0.2) is 9.97 Å². The Kier molecular flexibility index (Phi) is 4.13. The van der Waals surface area contributed by atoms with Gasteiger partial charge in [-0.1, -0.05) is 0 Å². The van der Waals surface area contributed by atoms with Crippen molar-refractivity contribution in [2.75, 3.05) is 31.2 Å². The molecular weight excluding hydrogens is 312 g/mol. The van der Waals surface area contributed by atoms with E-state index in [0.29, 0.717) is 0 Å². The molecule has 1 atom stereocenters. The van der Waals surface area contributed by atoms with E-state index in [1.807, 2.05) is 5.38 Å². The van der Waals surface area contributed by atoms with Crippen LogP contribution < -0.4 is 10.2 Å². The Morgan fingerprint density at radius 2 is 2.17 bits per heavy atom. The molecule has 2 saturated heterocycles. The summed E-state index contributed by atoms with van der Waals surface area (Å²) >= 11 is 1.62. The highest BCUT2D eigenvalue weighted by Gasteiger charge is 2.31. The van der Waals surface area contributed by atoms with E-state index < -0.39 is 0 Å². The van der Waals surface area contributed by atoms with Gasteiger partial charge in [-0.2, -0.15) is 0 Å². The maximum atomic E-state index is 12.5. The second kappa shape index (κ2) is 6.41. The van der Waals surface area contributed by atoms with Gasteiger partial charge < -0.3 is 15.0 Å². The molecule has 2 fully saturated rings. The topological polar surface area (TPSA) is 67.3 Å². The summed E-state index contributed by atoms with van der Waals surface area (Å²) in [4.78, 5) is 24.5. The molecule has 0 spiro atoms. The molecule has 0 saturated carbocycles. The van der Waals surface area contributed by atoms with Crippen LogP contribution in [0.1, 0.15) is 19.3 Å². The zero-order chi connectivity index (χ0) is 15.6. The molecule has 0 aromatic carbocycles. The maximum Gasteiger partial charge on any atom is 0.225 e. The van der Waals surface area contributed by atoms with Gasteiger partial charge in [0, 0.05) is 32.3 Å². The van der Waals surface area contributed by atoms with Crippen LogP contribution in [-0.4, -0.2) is 48.2 Å². The SMILES string of the molecule is O=C(NC1CCOCC1)C1CCN(c2ncnc3sccc23)C1. The van der Waals surface area contributed by atoms with Gasteiger partial charge in [-0.3, -0.25) is 4.79 Å². The molecule has 2 aliphatic rings. The summed E-state index contributed by atoms with van der Waals surface area (Å²) < 4.78 is 5.34. The van der Waals surface area contributed by atoms with Crippen molar-refractivity contribution in [2.45, 2.75) is 25.3 Å². The fraction of sp³-hybridized carbons (Fsp3) is 0.562.